The van der Waals surface area contributed by atoms with Gasteiger partial charge in [-0.2, -0.15) is 5.26 Å². The molecule has 3 heteroatoms. The van der Waals surface area contributed by atoms with Gasteiger partial charge < -0.3 is 4.90 Å². The summed E-state index contributed by atoms with van der Waals surface area (Å²) in [6.07, 6.45) is 6.19. The minimum atomic E-state index is -0.405. The van der Waals surface area contributed by atoms with E-state index in [-0.39, 0.29) is 0 Å². The van der Waals surface area contributed by atoms with Gasteiger partial charge in [-0.25, -0.2) is 4.39 Å². The summed E-state index contributed by atoms with van der Waals surface area (Å²) >= 11 is 0. The van der Waals surface area contributed by atoms with E-state index in [1.807, 2.05) is 17.9 Å². The molecule has 0 spiro atoms. The highest BCUT2D eigenvalue weighted by Gasteiger charge is 2.10. The topological polar surface area (TPSA) is 27.0 Å². The first-order chi connectivity index (χ1) is 7.72. The Balaban J connectivity index is 3.09. The molecule has 1 rings (SSSR count). The molecule has 0 unspecified atom stereocenters. The summed E-state index contributed by atoms with van der Waals surface area (Å²) in [5, 5.41) is 8.93. The van der Waals surface area contributed by atoms with Crippen molar-refractivity contribution in [1.29, 1.82) is 5.26 Å². The third-order valence-corrected chi connectivity index (χ3v) is 2.20. The van der Waals surface area contributed by atoms with Crippen LogP contribution in [0.5, 0.6) is 0 Å². The zero-order chi connectivity index (χ0) is 12.0. The van der Waals surface area contributed by atoms with Crippen LogP contribution in [0.15, 0.2) is 18.2 Å². The molecule has 16 heavy (non-hydrogen) atoms. The Hall–Kier alpha value is -2.00. The smallest absolute Gasteiger partial charge is 0.124 e. The maximum Gasteiger partial charge on any atom is 0.124 e. The van der Waals surface area contributed by atoms with Gasteiger partial charge in [-0.15, -0.1) is 6.42 Å². The molecule has 0 aliphatic carbocycles. The van der Waals surface area contributed by atoms with Crippen LogP contribution in [0.4, 0.5) is 10.1 Å². The van der Waals surface area contributed by atoms with Crippen molar-refractivity contribution in [3.8, 4) is 18.4 Å². The number of nitriles is 1. The zero-order valence-corrected chi connectivity index (χ0v) is 9.20. The maximum absolute atomic E-state index is 13.0. The molecule has 2 nitrogen and oxygen atoms in total. The number of rotatable bonds is 4. The predicted molar refractivity (Wildman–Crippen MR) is 62.5 cm³/mol. The van der Waals surface area contributed by atoms with E-state index in [0.717, 1.165) is 13.0 Å². The van der Waals surface area contributed by atoms with Crippen LogP contribution in [0.1, 0.15) is 18.9 Å². The summed E-state index contributed by atoms with van der Waals surface area (Å²) in [7, 11) is 0. The number of halogens is 1. The molecule has 0 radical (unpaired) electrons. The molecular weight excluding hydrogens is 203 g/mol. The van der Waals surface area contributed by atoms with E-state index in [0.29, 0.717) is 17.8 Å². The van der Waals surface area contributed by atoms with Crippen molar-refractivity contribution in [2.24, 2.45) is 0 Å². The minimum Gasteiger partial charge on any atom is -0.359 e. The molecule has 1 aromatic rings. The molecule has 0 amide bonds. The number of benzene rings is 1. The Bertz CT molecular complexity index is 440. The quantitative estimate of drug-likeness (QED) is 0.723. The van der Waals surface area contributed by atoms with Gasteiger partial charge in [0.2, 0.25) is 0 Å². The van der Waals surface area contributed by atoms with Crippen LogP contribution in [-0.4, -0.2) is 13.1 Å². The van der Waals surface area contributed by atoms with Crippen molar-refractivity contribution >= 4 is 5.69 Å². The standard InChI is InChI=1S/C13H13FN2/c1-3-7-16(8-4-2)13-6-5-12(14)9-11(13)10-15/h1,5-6,9H,4,7-8H2,2H3. The van der Waals surface area contributed by atoms with Crippen molar-refractivity contribution in [3.05, 3.63) is 29.6 Å². The normalized spacial score (nSPS) is 9.25. The van der Waals surface area contributed by atoms with Crippen molar-refractivity contribution in [2.45, 2.75) is 13.3 Å². The maximum atomic E-state index is 13.0. The second-order valence-electron chi connectivity index (χ2n) is 3.40. The van der Waals surface area contributed by atoms with Gasteiger partial charge >= 0.3 is 0 Å². The molecule has 0 aliphatic rings. The highest BCUT2D eigenvalue weighted by Crippen LogP contribution is 2.20. The first-order valence-corrected chi connectivity index (χ1v) is 5.11. The third-order valence-electron chi connectivity index (χ3n) is 2.20. The SMILES string of the molecule is C#CCN(CCC)c1ccc(F)cc1C#N. The molecule has 0 heterocycles. The van der Waals surface area contributed by atoms with Crippen molar-refractivity contribution < 1.29 is 4.39 Å². The molecule has 0 fully saturated rings. The fraction of sp³-hybridized carbons (Fsp3) is 0.308. The van der Waals surface area contributed by atoms with E-state index in [1.165, 1.54) is 12.1 Å². The van der Waals surface area contributed by atoms with Gasteiger partial charge in [0, 0.05) is 6.54 Å². The molecular formula is C13H13FN2. The molecule has 0 bridgehead atoms. The Morgan fingerprint density at radius 1 is 1.50 bits per heavy atom. The minimum absolute atomic E-state index is 0.323. The van der Waals surface area contributed by atoms with Gasteiger partial charge in [-0.3, -0.25) is 0 Å². The summed E-state index contributed by atoms with van der Waals surface area (Å²) in [5.74, 6) is 2.13. The first kappa shape index (κ1) is 12.1. The van der Waals surface area contributed by atoms with Gasteiger partial charge in [0.25, 0.3) is 0 Å². The molecule has 82 valence electrons. The van der Waals surface area contributed by atoms with Crippen LogP contribution >= 0.6 is 0 Å². The number of terminal acetylenes is 1. The Labute approximate surface area is 95.3 Å². The van der Waals surface area contributed by atoms with Crippen molar-refractivity contribution in [3.63, 3.8) is 0 Å². The summed E-state index contributed by atoms with van der Waals surface area (Å²) in [6.45, 7) is 3.21. The average Bonchev–Trinajstić information content (AvgIpc) is 2.28. The van der Waals surface area contributed by atoms with Crippen LogP contribution in [0.3, 0.4) is 0 Å². The molecule has 0 aromatic heterocycles. The lowest BCUT2D eigenvalue weighted by atomic mass is 10.1. The highest BCUT2D eigenvalue weighted by atomic mass is 19.1. The van der Waals surface area contributed by atoms with E-state index >= 15 is 0 Å². The van der Waals surface area contributed by atoms with Gasteiger partial charge in [-0.05, 0) is 24.6 Å². The van der Waals surface area contributed by atoms with Crippen LogP contribution in [-0.2, 0) is 0 Å². The van der Waals surface area contributed by atoms with Gasteiger partial charge in [0.1, 0.15) is 11.9 Å². The van der Waals surface area contributed by atoms with Crippen molar-refractivity contribution in [1.82, 2.24) is 0 Å². The number of anilines is 1. The van der Waals surface area contributed by atoms with E-state index in [2.05, 4.69) is 5.92 Å². The number of hydrogen-bond donors (Lipinski definition) is 0. The van der Waals surface area contributed by atoms with E-state index in [9.17, 15) is 4.39 Å². The monoisotopic (exact) mass is 216 g/mol. The summed E-state index contributed by atoms with van der Waals surface area (Å²) in [6, 6.07) is 6.15. The first-order valence-electron chi connectivity index (χ1n) is 5.11. The molecule has 0 aliphatic heterocycles. The van der Waals surface area contributed by atoms with Crippen LogP contribution in [0.25, 0.3) is 0 Å². The fourth-order valence-corrected chi connectivity index (χ4v) is 1.54. The van der Waals surface area contributed by atoms with Crippen LogP contribution in [0, 0.1) is 29.5 Å². The van der Waals surface area contributed by atoms with Crippen LogP contribution < -0.4 is 4.90 Å². The second-order valence-corrected chi connectivity index (χ2v) is 3.40. The third kappa shape index (κ3) is 2.74. The lowest BCUT2D eigenvalue weighted by Gasteiger charge is -2.22. The van der Waals surface area contributed by atoms with Crippen LogP contribution in [0.2, 0.25) is 0 Å². The van der Waals surface area contributed by atoms with Crippen molar-refractivity contribution in [2.75, 3.05) is 18.0 Å². The van der Waals surface area contributed by atoms with E-state index in [1.54, 1.807) is 6.07 Å². The molecule has 0 saturated heterocycles. The lowest BCUT2D eigenvalue weighted by molar-refractivity contribution is 0.627. The Morgan fingerprint density at radius 2 is 2.25 bits per heavy atom. The average molecular weight is 216 g/mol. The van der Waals surface area contributed by atoms with Gasteiger partial charge in [0.05, 0.1) is 17.8 Å². The number of nitrogens with zero attached hydrogens (tertiary/aromatic N) is 2. The Kier molecular flexibility index (Phi) is 4.36. The summed E-state index contributed by atoms with van der Waals surface area (Å²) in [4.78, 5) is 1.90. The van der Waals surface area contributed by atoms with E-state index in [4.69, 9.17) is 11.7 Å². The van der Waals surface area contributed by atoms with Gasteiger partial charge in [0.15, 0.2) is 0 Å². The molecule has 1 aromatic carbocycles. The van der Waals surface area contributed by atoms with Gasteiger partial charge in [-0.1, -0.05) is 12.8 Å². The van der Waals surface area contributed by atoms with E-state index < -0.39 is 5.82 Å². The molecule has 0 N–H and O–H groups in total. The summed E-state index contributed by atoms with van der Waals surface area (Å²) < 4.78 is 13.0. The largest absolute Gasteiger partial charge is 0.359 e. The fourth-order valence-electron chi connectivity index (χ4n) is 1.54. The summed E-state index contributed by atoms with van der Waals surface area (Å²) in [5.41, 5.74) is 1.02. The lowest BCUT2D eigenvalue weighted by Crippen LogP contribution is -2.25. The number of hydrogen-bond acceptors (Lipinski definition) is 2. The second kappa shape index (κ2) is 5.78. The highest BCUT2D eigenvalue weighted by molar-refractivity contribution is 5.59. The predicted octanol–water partition coefficient (Wildman–Crippen LogP) is 2.55. The molecule has 0 saturated carbocycles. The zero-order valence-electron chi connectivity index (χ0n) is 9.20. The Morgan fingerprint density at radius 3 is 2.81 bits per heavy atom. The molecule has 0 atom stereocenters.